The van der Waals surface area contributed by atoms with Gasteiger partial charge in [-0.1, -0.05) is 28.9 Å². The van der Waals surface area contributed by atoms with Crippen molar-refractivity contribution >= 4 is 21.9 Å². The van der Waals surface area contributed by atoms with Crippen LogP contribution in [0.15, 0.2) is 22.7 Å². The zero-order valence-electron chi connectivity index (χ0n) is 7.63. The highest BCUT2D eigenvalue weighted by atomic mass is 79.9. The highest BCUT2D eigenvalue weighted by molar-refractivity contribution is 9.10. The Labute approximate surface area is 89.9 Å². The van der Waals surface area contributed by atoms with E-state index in [4.69, 9.17) is 5.11 Å². The molecule has 76 valence electrons. The minimum atomic E-state index is -0.910. The van der Waals surface area contributed by atoms with Gasteiger partial charge in [-0.25, -0.2) is 4.39 Å². The topological polar surface area (TPSA) is 37.3 Å². The van der Waals surface area contributed by atoms with Crippen LogP contribution in [-0.4, -0.2) is 11.1 Å². The second-order valence-electron chi connectivity index (χ2n) is 3.18. The lowest BCUT2D eigenvalue weighted by Gasteiger charge is -2.07. The predicted octanol–water partition coefficient (Wildman–Crippen LogP) is 2.85. The van der Waals surface area contributed by atoms with Gasteiger partial charge < -0.3 is 5.11 Å². The zero-order valence-corrected chi connectivity index (χ0v) is 9.21. The first kappa shape index (κ1) is 11.2. The Kier molecular flexibility index (Phi) is 3.63. The quantitative estimate of drug-likeness (QED) is 0.908. The van der Waals surface area contributed by atoms with Crippen LogP contribution < -0.4 is 0 Å². The van der Waals surface area contributed by atoms with Crippen molar-refractivity contribution in [2.75, 3.05) is 0 Å². The number of aliphatic carboxylic acids is 1. The molecule has 0 saturated carbocycles. The summed E-state index contributed by atoms with van der Waals surface area (Å²) >= 11 is 3.14. The minimum absolute atomic E-state index is 0.217. The van der Waals surface area contributed by atoms with E-state index in [1.165, 1.54) is 6.07 Å². The van der Waals surface area contributed by atoms with Crippen molar-refractivity contribution in [1.82, 2.24) is 0 Å². The number of hydrogen-bond acceptors (Lipinski definition) is 1. The summed E-state index contributed by atoms with van der Waals surface area (Å²) in [7, 11) is 0. The molecule has 1 atom stereocenters. The monoisotopic (exact) mass is 260 g/mol. The normalized spacial score (nSPS) is 12.5. The van der Waals surface area contributed by atoms with E-state index in [1.807, 2.05) is 0 Å². The first-order valence-electron chi connectivity index (χ1n) is 4.17. The van der Waals surface area contributed by atoms with Crippen LogP contribution >= 0.6 is 15.9 Å². The molecule has 0 spiro atoms. The van der Waals surface area contributed by atoms with Crippen molar-refractivity contribution < 1.29 is 14.3 Å². The summed E-state index contributed by atoms with van der Waals surface area (Å²) in [4.78, 5) is 10.6. The number of halogens is 2. The van der Waals surface area contributed by atoms with Crippen LogP contribution in [0, 0.1) is 11.7 Å². The molecular weight excluding hydrogens is 251 g/mol. The Bertz CT molecular complexity index is 352. The highest BCUT2D eigenvalue weighted by Gasteiger charge is 2.14. The summed E-state index contributed by atoms with van der Waals surface area (Å²) in [5.41, 5.74) is 0.433. The first-order chi connectivity index (χ1) is 6.50. The van der Waals surface area contributed by atoms with E-state index >= 15 is 0 Å². The number of benzene rings is 1. The van der Waals surface area contributed by atoms with E-state index < -0.39 is 11.9 Å². The largest absolute Gasteiger partial charge is 0.481 e. The molecule has 2 nitrogen and oxygen atoms in total. The van der Waals surface area contributed by atoms with E-state index in [0.717, 1.165) is 0 Å². The van der Waals surface area contributed by atoms with Gasteiger partial charge in [0.05, 0.1) is 5.92 Å². The lowest BCUT2D eigenvalue weighted by atomic mass is 10.0. The molecule has 0 amide bonds. The van der Waals surface area contributed by atoms with Gasteiger partial charge in [0.2, 0.25) is 0 Å². The van der Waals surface area contributed by atoms with Gasteiger partial charge in [-0.2, -0.15) is 0 Å². The molecule has 0 aromatic heterocycles. The lowest BCUT2D eigenvalue weighted by molar-refractivity contribution is -0.141. The van der Waals surface area contributed by atoms with Gasteiger partial charge in [-0.15, -0.1) is 0 Å². The van der Waals surface area contributed by atoms with E-state index in [-0.39, 0.29) is 12.2 Å². The van der Waals surface area contributed by atoms with Crippen molar-refractivity contribution in [3.63, 3.8) is 0 Å². The molecule has 1 aromatic carbocycles. The van der Waals surface area contributed by atoms with Gasteiger partial charge >= 0.3 is 5.97 Å². The molecular formula is C10H10BrFO2. The van der Waals surface area contributed by atoms with Crippen molar-refractivity contribution in [2.45, 2.75) is 13.3 Å². The number of carbonyl (C=O) groups is 1. The Morgan fingerprint density at radius 3 is 2.79 bits per heavy atom. The Morgan fingerprint density at radius 1 is 1.64 bits per heavy atom. The third-order valence-corrected chi connectivity index (χ3v) is 2.46. The van der Waals surface area contributed by atoms with Gasteiger partial charge in [-0.05, 0) is 24.1 Å². The summed E-state index contributed by atoms with van der Waals surface area (Å²) in [6.45, 7) is 1.56. The van der Waals surface area contributed by atoms with Crippen LogP contribution in [0.5, 0.6) is 0 Å². The SMILES string of the molecule is CC(Cc1ccc(Br)cc1F)C(=O)O. The summed E-state index contributed by atoms with van der Waals surface area (Å²) < 4.78 is 13.9. The van der Waals surface area contributed by atoms with Gasteiger partial charge in [-0.3, -0.25) is 4.79 Å². The minimum Gasteiger partial charge on any atom is -0.481 e. The van der Waals surface area contributed by atoms with Crippen molar-refractivity contribution in [3.05, 3.63) is 34.1 Å². The Hall–Kier alpha value is -0.900. The fourth-order valence-corrected chi connectivity index (χ4v) is 1.44. The van der Waals surface area contributed by atoms with Crippen LogP contribution in [0.4, 0.5) is 4.39 Å². The number of hydrogen-bond donors (Lipinski definition) is 1. The molecule has 0 bridgehead atoms. The van der Waals surface area contributed by atoms with Crippen molar-refractivity contribution in [2.24, 2.45) is 5.92 Å². The maximum Gasteiger partial charge on any atom is 0.306 e. The van der Waals surface area contributed by atoms with Gasteiger partial charge in [0, 0.05) is 4.47 Å². The Morgan fingerprint density at radius 2 is 2.29 bits per heavy atom. The molecule has 0 fully saturated rings. The first-order valence-corrected chi connectivity index (χ1v) is 4.96. The van der Waals surface area contributed by atoms with E-state index in [2.05, 4.69) is 15.9 Å². The Balaban J connectivity index is 2.82. The van der Waals surface area contributed by atoms with Crippen LogP contribution in [0.25, 0.3) is 0 Å². The lowest BCUT2D eigenvalue weighted by Crippen LogP contribution is -2.13. The van der Waals surface area contributed by atoms with Crippen LogP contribution in [-0.2, 0) is 11.2 Å². The second kappa shape index (κ2) is 4.55. The third kappa shape index (κ3) is 2.80. The molecule has 0 saturated heterocycles. The molecule has 1 rings (SSSR count). The average molecular weight is 261 g/mol. The van der Waals surface area contributed by atoms with Gasteiger partial charge in [0.15, 0.2) is 0 Å². The van der Waals surface area contributed by atoms with Crippen LogP contribution in [0.2, 0.25) is 0 Å². The van der Waals surface area contributed by atoms with Crippen LogP contribution in [0.3, 0.4) is 0 Å². The van der Waals surface area contributed by atoms with Gasteiger partial charge in [0.1, 0.15) is 5.82 Å². The highest BCUT2D eigenvalue weighted by Crippen LogP contribution is 2.18. The maximum atomic E-state index is 13.3. The van der Waals surface area contributed by atoms with E-state index in [1.54, 1.807) is 19.1 Å². The second-order valence-corrected chi connectivity index (χ2v) is 4.09. The number of rotatable bonds is 3. The molecule has 4 heteroatoms. The molecule has 0 aliphatic carbocycles. The molecule has 1 N–H and O–H groups in total. The van der Waals surface area contributed by atoms with Gasteiger partial charge in [0.25, 0.3) is 0 Å². The zero-order chi connectivity index (χ0) is 10.7. The van der Waals surface area contributed by atoms with E-state index in [9.17, 15) is 9.18 Å². The summed E-state index contributed by atoms with van der Waals surface area (Å²) in [5.74, 6) is -1.84. The molecule has 0 aliphatic heterocycles. The number of carboxylic acid groups (broad SMARTS) is 1. The average Bonchev–Trinajstić information content (AvgIpc) is 2.09. The molecule has 1 aromatic rings. The van der Waals surface area contributed by atoms with Crippen molar-refractivity contribution in [3.8, 4) is 0 Å². The summed E-state index contributed by atoms with van der Waals surface area (Å²) in [6, 6.07) is 4.63. The molecule has 14 heavy (non-hydrogen) atoms. The fraction of sp³-hybridized carbons (Fsp3) is 0.300. The molecule has 0 aliphatic rings. The molecule has 0 radical (unpaired) electrons. The molecule has 0 heterocycles. The standard InChI is InChI=1S/C10H10BrFO2/c1-6(10(13)14)4-7-2-3-8(11)5-9(7)12/h2-3,5-6H,4H2,1H3,(H,13,14). The molecule has 1 unspecified atom stereocenters. The number of carboxylic acids is 1. The van der Waals surface area contributed by atoms with Crippen LogP contribution in [0.1, 0.15) is 12.5 Å². The summed E-state index contributed by atoms with van der Waals surface area (Å²) in [6.07, 6.45) is 0.217. The van der Waals surface area contributed by atoms with Crippen molar-refractivity contribution in [1.29, 1.82) is 0 Å². The third-order valence-electron chi connectivity index (χ3n) is 1.96. The van der Waals surface area contributed by atoms with E-state index in [0.29, 0.717) is 10.0 Å². The summed E-state index contributed by atoms with van der Waals surface area (Å²) in [5, 5.41) is 8.66. The predicted molar refractivity (Wildman–Crippen MR) is 54.6 cm³/mol. The smallest absolute Gasteiger partial charge is 0.306 e. The maximum absolute atomic E-state index is 13.3. The fourth-order valence-electron chi connectivity index (χ4n) is 1.10.